The molecule has 0 aliphatic carbocycles. The molecule has 6 heavy (non-hydrogen) atoms. The van der Waals surface area contributed by atoms with Crippen molar-refractivity contribution in [1.29, 1.82) is 0 Å². The molecule has 0 radical (unpaired) electrons. The molecule has 0 aromatic heterocycles. The summed E-state index contributed by atoms with van der Waals surface area (Å²) in [5.74, 6) is 0. The van der Waals surface area contributed by atoms with Gasteiger partial charge in [0, 0.05) is 0 Å². The zero-order valence-electron chi connectivity index (χ0n) is 4.53. The van der Waals surface area contributed by atoms with Gasteiger partial charge in [0.05, 0.1) is 0 Å². The summed E-state index contributed by atoms with van der Waals surface area (Å²) in [6, 6.07) is 0. The maximum atomic E-state index is 9.79. The van der Waals surface area contributed by atoms with Crippen molar-refractivity contribution in [2.45, 2.75) is 0 Å². The van der Waals surface area contributed by atoms with Crippen molar-refractivity contribution in [2.75, 3.05) is 0 Å². The molecule has 0 aromatic rings. The van der Waals surface area contributed by atoms with Crippen LogP contribution in [0.15, 0.2) is 0 Å². The minimum atomic E-state index is -0.601. The quantitative estimate of drug-likeness (QED) is 0.368. The normalized spacial score (nSPS) is 13.5. The summed E-state index contributed by atoms with van der Waals surface area (Å²) in [6.45, 7) is 0. The van der Waals surface area contributed by atoms with Crippen LogP contribution < -0.4 is 34.4 Å². The number of rotatable bonds is 2. The third-order valence-corrected chi connectivity index (χ3v) is 32.5. The maximum Gasteiger partial charge on any atom is 1.00 e. The smallest absolute Gasteiger partial charge is 0.865 e. The van der Waals surface area contributed by atoms with Crippen molar-refractivity contribution in [3.05, 3.63) is 0 Å². The number of hydrogen-bond acceptors (Lipinski definition) is 1. The molecule has 0 unspecified atom stereocenters. The minimum Gasteiger partial charge on any atom is -0.865 e. The van der Waals surface area contributed by atoms with E-state index in [4.69, 9.17) is 0 Å². The fraction of sp³-hybridized carbons (Fsp3) is 0. The van der Waals surface area contributed by atoms with Crippen LogP contribution in [0.4, 0.5) is 0 Å². The van der Waals surface area contributed by atoms with Crippen LogP contribution in [-0.4, -0.2) is 36.1 Å². The van der Waals surface area contributed by atoms with Gasteiger partial charge < -0.3 is 4.80 Å². The molecule has 0 aliphatic heterocycles. The standard InChI is InChI=1S/Na.H9OSi4/c;1-3-5-4-2/h;3-5H2,2H3/q+1;-1. The predicted octanol–water partition coefficient (Wildman–Crippen LogP) is -8.12. The summed E-state index contributed by atoms with van der Waals surface area (Å²) >= 11 is 0. The molecule has 32 valence electrons. The molecule has 0 aromatic carbocycles. The van der Waals surface area contributed by atoms with E-state index in [0.29, 0.717) is 8.55 Å². The average Bonchev–Trinajstić information content (AvgIpc) is 1.41. The molecule has 0 rings (SSSR count). The Labute approximate surface area is 70.0 Å². The van der Waals surface area contributed by atoms with Crippen LogP contribution in [0.3, 0.4) is 0 Å². The molecule has 0 saturated heterocycles. The summed E-state index contributed by atoms with van der Waals surface area (Å²) < 4.78 is 0. The molecule has 6 heteroatoms. The third kappa shape index (κ3) is 9.27. The molecular formula is H9NaOSi4. The second kappa shape index (κ2) is 9.95. The van der Waals surface area contributed by atoms with Gasteiger partial charge in [0.1, 0.15) is 0 Å². The first-order valence-electron chi connectivity index (χ1n) is 2.00. The van der Waals surface area contributed by atoms with Crippen molar-refractivity contribution in [1.82, 2.24) is 0 Å². The van der Waals surface area contributed by atoms with E-state index in [2.05, 4.69) is 0 Å². The molecular weight excluding hydrogens is 151 g/mol. The monoisotopic (exact) mass is 160 g/mol. The van der Waals surface area contributed by atoms with E-state index in [9.17, 15) is 4.80 Å². The van der Waals surface area contributed by atoms with Crippen LogP contribution >= 0.6 is 0 Å². The Bertz CT molecular complexity index is 15.0. The van der Waals surface area contributed by atoms with Gasteiger partial charge in [0.2, 0.25) is 0 Å². The first kappa shape index (κ1) is 10.7. The van der Waals surface area contributed by atoms with Crippen molar-refractivity contribution in [2.24, 2.45) is 0 Å². The van der Waals surface area contributed by atoms with Gasteiger partial charge in [-0.15, -0.1) is 0 Å². The van der Waals surface area contributed by atoms with E-state index in [1.807, 2.05) is 0 Å². The van der Waals surface area contributed by atoms with Crippen LogP contribution in [0.2, 0.25) is 0 Å². The van der Waals surface area contributed by atoms with Gasteiger partial charge in [-0.05, 0) is 26.9 Å². The van der Waals surface area contributed by atoms with Gasteiger partial charge in [0.25, 0.3) is 0 Å². The van der Waals surface area contributed by atoms with Crippen LogP contribution in [-0.2, 0) is 0 Å². The van der Waals surface area contributed by atoms with E-state index >= 15 is 0 Å². The van der Waals surface area contributed by atoms with Crippen molar-refractivity contribution < 1.29 is 34.4 Å². The SMILES string of the molecule is [Na+].[O-][SiH2][SiH2][SiH2][SiH3]. The molecule has 0 saturated carbocycles. The van der Waals surface area contributed by atoms with E-state index in [1.165, 1.54) is 9.76 Å². The van der Waals surface area contributed by atoms with Gasteiger partial charge in [-0.25, -0.2) is 0 Å². The zero-order valence-corrected chi connectivity index (χ0v) is 12.8. The fourth-order valence-electron chi connectivity index (χ4n) is 0.144. The molecule has 0 amide bonds. The van der Waals surface area contributed by atoms with Gasteiger partial charge >= 0.3 is 29.6 Å². The summed E-state index contributed by atoms with van der Waals surface area (Å²) in [4.78, 5) is 9.79. The first-order chi connectivity index (χ1) is 2.41. The third-order valence-electron chi connectivity index (χ3n) is 0.498. The van der Waals surface area contributed by atoms with E-state index in [0.717, 1.165) is 0 Å². The molecule has 0 aliphatic rings. The van der Waals surface area contributed by atoms with E-state index < -0.39 is 9.28 Å². The molecule has 0 atom stereocenters. The zero-order chi connectivity index (χ0) is 4.12. The van der Waals surface area contributed by atoms with E-state index in [-0.39, 0.29) is 38.1 Å². The van der Waals surface area contributed by atoms with Gasteiger partial charge in [-0.3, -0.25) is 0 Å². The Hall–Kier alpha value is 1.83. The van der Waals surface area contributed by atoms with Gasteiger partial charge in [-0.1, -0.05) is 9.28 Å². The Balaban J connectivity index is 0. The van der Waals surface area contributed by atoms with Crippen LogP contribution in [0.1, 0.15) is 0 Å². The van der Waals surface area contributed by atoms with Crippen molar-refractivity contribution in [3.8, 4) is 0 Å². The molecule has 0 N–H and O–H groups in total. The minimum absolute atomic E-state index is 0. The maximum absolute atomic E-state index is 9.79. The Morgan fingerprint density at radius 2 is 2.00 bits per heavy atom. The second-order valence-electron chi connectivity index (χ2n) is 1.06. The summed E-state index contributed by atoms with van der Waals surface area (Å²) in [5, 5.41) is 0. The molecule has 0 spiro atoms. The second-order valence-corrected chi connectivity index (χ2v) is 24.9. The topological polar surface area (TPSA) is 23.1 Å². The molecule has 1 nitrogen and oxygen atoms in total. The summed E-state index contributed by atoms with van der Waals surface area (Å²) in [5.41, 5.74) is 0. The Kier molecular flexibility index (Phi) is 17.8. The van der Waals surface area contributed by atoms with E-state index in [1.54, 1.807) is 0 Å². The van der Waals surface area contributed by atoms with Crippen LogP contribution in [0, 0.1) is 0 Å². The average molecular weight is 160 g/mol. The van der Waals surface area contributed by atoms with Gasteiger partial charge in [-0.2, -0.15) is 0 Å². The predicted molar refractivity (Wildman–Crippen MR) is 35.6 cm³/mol. The number of hydrogen-bond donors (Lipinski definition) is 0. The Morgan fingerprint density at radius 1 is 1.50 bits per heavy atom. The van der Waals surface area contributed by atoms with Crippen LogP contribution in [0.5, 0.6) is 0 Å². The summed E-state index contributed by atoms with van der Waals surface area (Å²) in [6.07, 6.45) is 0. The molecule has 0 heterocycles. The van der Waals surface area contributed by atoms with Gasteiger partial charge in [0.15, 0.2) is 0 Å². The first-order valence-corrected chi connectivity index (χ1v) is 16.2. The Morgan fingerprint density at radius 3 is 2.00 bits per heavy atom. The van der Waals surface area contributed by atoms with Crippen molar-refractivity contribution in [3.63, 3.8) is 0 Å². The largest absolute Gasteiger partial charge is 1.00 e. The fourth-order valence-corrected chi connectivity index (χ4v) is 11.7. The van der Waals surface area contributed by atoms with Crippen molar-refractivity contribution >= 4 is 36.1 Å². The van der Waals surface area contributed by atoms with Crippen LogP contribution in [0.25, 0.3) is 0 Å². The molecule has 0 fully saturated rings. The summed E-state index contributed by atoms with van der Waals surface area (Å²) in [7, 11) is 1.49. The molecule has 0 bridgehead atoms.